The van der Waals surface area contributed by atoms with E-state index >= 15 is 0 Å². The van der Waals surface area contributed by atoms with Gasteiger partial charge in [0.1, 0.15) is 5.60 Å². The highest BCUT2D eigenvalue weighted by Crippen LogP contribution is 2.26. The first-order chi connectivity index (χ1) is 12.9. The molecule has 1 aromatic carbocycles. The lowest BCUT2D eigenvalue weighted by molar-refractivity contribution is 0.0240. The highest BCUT2D eigenvalue weighted by atomic mass is 16.6. The van der Waals surface area contributed by atoms with Gasteiger partial charge in [-0.25, -0.2) is 9.80 Å². The Hall–Kier alpha value is -1.95. The van der Waals surface area contributed by atoms with E-state index in [-0.39, 0.29) is 6.09 Å². The van der Waals surface area contributed by atoms with Crippen LogP contribution in [-0.2, 0) is 4.74 Å². The number of hydrogen-bond donors (Lipinski definition) is 0. The number of anilines is 2. The van der Waals surface area contributed by atoms with Crippen molar-refractivity contribution in [1.29, 1.82) is 0 Å². The topological polar surface area (TPSA) is 39.3 Å². The largest absolute Gasteiger partial charge is 0.444 e. The summed E-state index contributed by atoms with van der Waals surface area (Å²) in [6.45, 7) is 14.3. The predicted molar refractivity (Wildman–Crippen MR) is 110 cm³/mol. The van der Waals surface area contributed by atoms with Gasteiger partial charge in [0.25, 0.3) is 0 Å². The van der Waals surface area contributed by atoms with Gasteiger partial charge < -0.3 is 19.5 Å². The van der Waals surface area contributed by atoms with Crippen LogP contribution in [0.3, 0.4) is 0 Å². The molecule has 1 amide bonds. The maximum atomic E-state index is 12.3. The molecule has 2 fully saturated rings. The zero-order chi connectivity index (χ0) is 19.4. The fourth-order valence-electron chi connectivity index (χ4n) is 3.81. The maximum Gasteiger partial charge on any atom is 0.410 e. The molecule has 6 heteroatoms. The van der Waals surface area contributed by atoms with Gasteiger partial charge in [-0.1, -0.05) is 6.07 Å². The Bertz CT molecular complexity index is 629. The van der Waals surface area contributed by atoms with Crippen molar-refractivity contribution in [3.63, 3.8) is 0 Å². The van der Waals surface area contributed by atoms with Crippen LogP contribution in [0.25, 0.3) is 0 Å². The molecule has 0 N–H and O–H groups in total. The molecule has 0 bridgehead atoms. The minimum Gasteiger partial charge on any atom is -0.444 e. The van der Waals surface area contributed by atoms with Gasteiger partial charge in [0.15, 0.2) is 0 Å². The molecule has 150 valence electrons. The number of piperazine rings is 1. The summed E-state index contributed by atoms with van der Waals surface area (Å²) in [5.41, 5.74) is 2.04. The van der Waals surface area contributed by atoms with Crippen molar-refractivity contribution in [3.05, 3.63) is 24.3 Å². The van der Waals surface area contributed by atoms with Gasteiger partial charge in [0.05, 0.1) is 5.69 Å². The van der Waals surface area contributed by atoms with E-state index in [0.717, 1.165) is 32.7 Å². The van der Waals surface area contributed by atoms with E-state index < -0.39 is 5.60 Å². The van der Waals surface area contributed by atoms with Crippen molar-refractivity contribution in [2.75, 3.05) is 55.7 Å². The van der Waals surface area contributed by atoms with Gasteiger partial charge in [-0.15, -0.1) is 0 Å². The molecule has 27 heavy (non-hydrogen) atoms. The highest BCUT2D eigenvalue weighted by Gasteiger charge is 2.26. The SMILES string of the molecule is CCN(c1cccc(N2CCN(C(=O)OC(C)(C)C)CC2)c1)N1CCCC1. The molecule has 2 aliphatic heterocycles. The maximum absolute atomic E-state index is 12.3. The lowest BCUT2D eigenvalue weighted by Gasteiger charge is -2.38. The summed E-state index contributed by atoms with van der Waals surface area (Å²) in [6.07, 6.45) is 2.35. The molecular weight excluding hydrogens is 340 g/mol. The molecule has 0 radical (unpaired) electrons. The van der Waals surface area contributed by atoms with Crippen LogP contribution in [0, 0.1) is 0 Å². The van der Waals surface area contributed by atoms with E-state index in [0.29, 0.717) is 13.1 Å². The molecule has 3 rings (SSSR count). The molecule has 6 nitrogen and oxygen atoms in total. The summed E-state index contributed by atoms with van der Waals surface area (Å²) in [7, 11) is 0. The van der Waals surface area contributed by atoms with Gasteiger partial charge in [-0.2, -0.15) is 0 Å². The fourth-order valence-corrected chi connectivity index (χ4v) is 3.81. The predicted octanol–water partition coefficient (Wildman–Crippen LogP) is 3.58. The number of carbonyl (C=O) groups is 1. The molecule has 0 spiro atoms. The van der Waals surface area contributed by atoms with E-state index in [1.54, 1.807) is 0 Å². The van der Waals surface area contributed by atoms with E-state index in [4.69, 9.17) is 4.74 Å². The summed E-state index contributed by atoms with van der Waals surface area (Å²) < 4.78 is 5.50. The zero-order valence-corrected chi connectivity index (χ0v) is 17.3. The molecule has 2 heterocycles. The highest BCUT2D eigenvalue weighted by molar-refractivity contribution is 5.69. The summed E-state index contributed by atoms with van der Waals surface area (Å²) in [5, 5.41) is 4.85. The first-order valence-electron chi connectivity index (χ1n) is 10.2. The van der Waals surface area contributed by atoms with Gasteiger partial charge >= 0.3 is 6.09 Å². The molecule has 0 unspecified atom stereocenters. The van der Waals surface area contributed by atoms with Gasteiger partial charge in [0.2, 0.25) is 0 Å². The third-order valence-electron chi connectivity index (χ3n) is 5.15. The summed E-state index contributed by atoms with van der Waals surface area (Å²) in [4.78, 5) is 16.4. The molecule has 0 atom stereocenters. The Kier molecular flexibility index (Phi) is 6.15. The van der Waals surface area contributed by atoms with Crippen molar-refractivity contribution in [1.82, 2.24) is 9.91 Å². The number of nitrogens with zero attached hydrogens (tertiary/aromatic N) is 4. The molecule has 0 saturated carbocycles. The fraction of sp³-hybridized carbons (Fsp3) is 0.667. The lowest BCUT2D eigenvalue weighted by atomic mass is 10.2. The second-order valence-corrected chi connectivity index (χ2v) is 8.35. The number of ether oxygens (including phenoxy) is 1. The van der Waals surface area contributed by atoms with Crippen LogP contribution < -0.4 is 9.91 Å². The van der Waals surface area contributed by atoms with Crippen LogP contribution in [0.5, 0.6) is 0 Å². The summed E-state index contributed by atoms with van der Waals surface area (Å²) in [5.74, 6) is 0. The second-order valence-electron chi connectivity index (χ2n) is 8.35. The Labute approximate surface area is 163 Å². The first-order valence-corrected chi connectivity index (χ1v) is 10.2. The number of benzene rings is 1. The number of hydrazine groups is 1. The zero-order valence-electron chi connectivity index (χ0n) is 17.3. The van der Waals surface area contributed by atoms with Gasteiger partial charge in [-0.3, -0.25) is 0 Å². The smallest absolute Gasteiger partial charge is 0.410 e. The van der Waals surface area contributed by atoms with Crippen molar-refractivity contribution < 1.29 is 9.53 Å². The standard InChI is InChI=1S/C21H34N4O2/c1-5-25(24-11-6-7-12-24)19-10-8-9-18(17-19)22-13-15-23(16-14-22)20(26)27-21(2,3)4/h8-10,17H,5-7,11-16H2,1-4H3. The number of carbonyl (C=O) groups excluding carboxylic acids is 1. The van der Waals surface area contributed by atoms with Crippen molar-refractivity contribution in [2.24, 2.45) is 0 Å². The Morgan fingerprint density at radius 2 is 1.74 bits per heavy atom. The third kappa shape index (κ3) is 5.06. The van der Waals surface area contributed by atoms with Gasteiger partial charge in [-0.05, 0) is 58.7 Å². The van der Waals surface area contributed by atoms with Crippen LogP contribution in [0.4, 0.5) is 16.2 Å². The van der Waals surface area contributed by atoms with Crippen LogP contribution in [-0.4, -0.2) is 67.4 Å². The van der Waals surface area contributed by atoms with Crippen molar-refractivity contribution in [2.45, 2.75) is 46.1 Å². The lowest BCUT2D eigenvalue weighted by Crippen LogP contribution is -2.50. The van der Waals surface area contributed by atoms with E-state index in [2.05, 4.69) is 46.1 Å². The molecule has 0 aromatic heterocycles. The molecule has 0 aliphatic carbocycles. The normalized spacial score (nSPS) is 18.7. The monoisotopic (exact) mass is 374 g/mol. The Balaban J connectivity index is 1.62. The average Bonchev–Trinajstić information content (AvgIpc) is 3.16. The van der Waals surface area contributed by atoms with Crippen LogP contribution in [0.2, 0.25) is 0 Å². The third-order valence-corrected chi connectivity index (χ3v) is 5.15. The number of amides is 1. The van der Waals surface area contributed by atoms with E-state index in [9.17, 15) is 4.79 Å². The Morgan fingerprint density at radius 3 is 2.33 bits per heavy atom. The van der Waals surface area contributed by atoms with E-state index in [1.807, 2.05) is 25.7 Å². The second kappa shape index (κ2) is 8.38. The van der Waals surface area contributed by atoms with Gasteiger partial charge in [0, 0.05) is 51.5 Å². The van der Waals surface area contributed by atoms with Crippen molar-refractivity contribution in [3.8, 4) is 0 Å². The van der Waals surface area contributed by atoms with Crippen LogP contribution >= 0.6 is 0 Å². The molecule has 1 aromatic rings. The average molecular weight is 375 g/mol. The van der Waals surface area contributed by atoms with Crippen LogP contribution in [0.1, 0.15) is 40.5 Å². The number of hydrogen-bond acceptors (Lipinski definition) is 5. The molecule has 2 aliphatic rings. The van der Waals surface area contributed by atoms with Crippen molar-refractivity contribution >= 4 is 17.5 Å². The molecule has 2 saturated heterocycles. The molecular formula is C21H34N4O2. The minimum atomic E-state index is -0.443. The Morgan fingerprint density at radius 1 is 1.07 bits per heavy atom. The quantitative estimate of drug-likeness (QED) is 0.805. The summed E-state index contributed by atoms with van der Waals surface area (Å²) >= 11 is 0. The first kappa shape index (κ1) is 19.8. The van der Waals surface area contributed by atoms with Crippen LogP contribution in [0.15, 0.2) is 24.3 Å². The number of rotatable bonds is 4. The van der Waals surface area contributed by atoms with E-state index in [1.165, 1.54) is 24.2 Å². The summed E-state index contributed by atoms with van der Waals surface area (Å²) in [6, 6.07) is 8.79. The minimum absolute atomic E-state index is 0.206.